The summed E-state index contributed by atoms with van der Waals surface area (Å²) in [5, 5.41) is 37.4. The van der Waals surface area contributed by atoms with Crippen LogP contribution in [0.2, 0.25) is 0 Å². The minimum Gasteiger partial charge on any atom is -0.497 e. The molecule has 0 unspecified atom stereocenters. The van der Waals surface area contributed by atoms with E-state index in [2.05, 4.69) is 41.8 Å². The number of nitrogens with one attached hydrogen (secondary N) is 4. The molecule has 7 aromatic rings. The molecule has 0 spiro atoms. The highest BCUT2D eigenvalue weighted by Gasteiger charge is 2.17. The molecule has 13 nitrogen and oxygen atoms in total. The number of rotatable bonds is 14. The largest absolute Gasteiger partial charge is 0.497 e. The Balaban J connectivity index is 0.000000198. The fourth-order valence-electron chi connectivity index (χ4n) is 6.80. The van der Waals surface area contributed by atoms with Crippen molar-refractivity contribution in [3.63, 3.8) is 0 Å². The molecule has 356 valence electrons. The fraction of sp³-hybridized carbons (Fsp3) is 0.140. The standard InChI is InChI=1S/C20H17N3O.C20H20N2O3.C17H14BrN3O/c1-14(16-5-3-2-4-6-16)23-20(24)18(13-21)12-15-7-8-19-17(11-15)9-10-22-19;1-14(16-7-5-4-6-8-16)22-20(23)17(13-21)9-15-10-18(24-2)12-19(11-15)25-3;1-12(13-6-3-2-4-7-13)20-17(22)14(11-19)10-15-8-5-9-16(18)21-15/h2-12,14,22H,1H3,(H,23,24);4-12,14H,1-3H3,(H,22,23);2-10,12H,1H3,(H,20,22)/b18-12+;17-9+;14-10+/t2*14-;12-/m000/s1. The molecule has 2 aromatic heterocycles. The Labute approximate surface area is 421 Å². The van der Waals surface area contributed by atoms with E-state index in [1.165, 1.54) is 12.2 Å². The van der Waals surface area contributed by atoms with Crippen molar-refractivity contribution in [1.82, 2.24) is 25.9 Å². The Kier molecular flexibility index (Phi) is 20.2. The molecular formula is C57H51BrN8O5. The van der Waals surface area contributed by atoms with Gasteiger partial charge >= 0.3 is 0 Å². The van der Waals surface area contributed by atoms with Gasteiger partial charge < -0.3 is 30.4 Å². The Morgan fingerprint density at radius 2 is 0.986 bits per heavy atom. The van der Waals surface area contributed by atoms with Crippen LogP contribution < -0.4 is 25.4 Å². The SMILES string of the molecule is COc1cc(/C=C(\C#N)C(=O)N[C@@H](C)c2ccccc2)cc(OC)c1.C[C@H](NC(=O)/C(C#N)=C/c1ccc2[nH]ccc2c1)c1ccccc1.C[C@H](NC(=O)/C(C#N)=C/c1cccc(Br)n1)c1ccccc1. The first-order chi connectivity index (χ1) is 34.3. The van der Waals surface area contributed by atoms with E-state index in [-0.39, 0.29) is 40.8 Å². The molecule has 7 rings (SSSR count). The summed E-state index contributed by atoms with van der Waals surface area (Å²) in [4.78, 5) is 44.3. The van der Waals surface area contributed by atoms with Crippen molar-refractivity contribution in [3.05, 3.63) is 213 Å². The second kappa shape index (κ2) is 27.1. The second-order valence-corrected chi connectivity index (χ2v) is 16.5. The van der Waals surface area contributed by atoms with Crippen LogP contribution in [0.25, 0.3) is 29.1 Å². The molecule has 3 amide bonds. The smallest absolute Gasteiger partial charge is 0.262 e. The van der Waals surface area contributed by atoms with Gasteiger partial charge in [0.15, 0.2) is 0 Å². The number of aromatic nitrogens is 2. The van der Waals surface area contributed by atoms with E-state index in [0.717, 1.165) is 33.2 Å². The molecule has 14 heteroatoms. The lowest BCUT2D eigenvalue weighted by Crippen LogP contribution is -2.27. The molecule has 2 heterocycles. The van der Waals surface area contributed by atoms with Crippen LogP contribution in [0.4, 0.5) is 0 Å². The lowest BCUT2D eigenvalue weighted by Gasteiger charge is -2.14. The van der Waals surface area contributed by atoms with E-state index in [9.17, 15) is 30.2 Å². The second-order valence-electron chi connectivity index (χ2n) is 15.7. The first kappa shape index (κ1) is 52.9. The van der Waals surface area contributed by atoms with Gasteiger partial charge in [-0.05, 0) is 131 Å². The lowest BCUT2D eigenvalue weighted by molar-refractivity contribution is -0.118. The summed E-state index contributed by atoms with van der Waals surface area (Å²) in [7, 11) is 3.09. The van der Waals surface area contributed by atoms with Crippen molar-refractivity contribution in [2.75, 3.05) is 14.2 Å². The summed E-state index contributed by atoms with van der Waals surface area (Å²) >= 11 is 3.26. The Bertz CT molecular complexity index is 3130. The summed E-state index contributed by atoms with van der Waals surface area (Å²) in [6.07, 6.45) is 6.45. The van der Waals surface area contributed by atoms with E-state index in [1.54, 1.807) is 56.7 Å². The minimum absolute atomic E-state index is 0.0121. The number of fused-ring (bicyclic) bond motifs is 1. The summed E-state index contributed by atoms with van der Waals surface area (Å²) in [6, 6.07) is 52.3. The van der Waals surface area contributed by atoms with E-state index in [1.807, 2.05) is 160 Å². The number of halogens is 1. The summed E-state index contributed by atoms with van der Waals surface area (Å²) in [6.45, 7) is 5.64. The molecule has 0 aliphatic carbocycles. The third-order valence-corrected chi connectivity index (χ3v) is 11.1. The highest BCUT2D eigenvalue weighted by atomic mass is 79.9. The molecule has 0 bridgehead atoms. The van der Waals surface area contributed by atoms with Crippen molar-refractivity contribution in [3.8, 4) is 29.7 Å². The van der Waals surface area contributed by atoms with Crippen molar-refractivity contribution >= 4 is 62.8 Å². The summed E-state index contributed by atoms with van der Waals surface area (Å²) in [5.74, 6) is -0.0498. The van der Waals surface area contributed by atoms with Crippen LogP contribution >= 0.6 is 15.9 Å². The van der Waals surface area contributed by atoms with Crippen molar-refractivity contribution in [2.24, 2.45) is 0 Å². The fourth-order valence-corrected chi connectivity index (χ4v) is 7.16. The minimum atomic E-state index is -0.430. The topological polar surface area (TPSA) is 206 Å². The molecule has 0 saturated carbocycles. The van der Waals surface area contributed by atoms with E-state index < -0.39 is 11.8 Å². The number of aromatic amines is 1. The number of benzene rings is 5. The number of amides is 3. The van der Waals surface area contributed by atoms with Crippen LogP contribution in [0.5, 0.6) is 11.5 Å². The maximum atomic E-state index is 12.4. The number of nitriles is 3. The van der Waals surface area contributed by atoms with Crippen LogP contribution in [0, 0.1) is 34.0 Å². The Hall–Kier alpha value is -9.03. The number of methoxy groups -OCH3 is 2. The average molecular weight is 1010 g/mol. The van der Waals surface area contributed by atoms with Gasteiger partial charge in [-0.1, -0.05) is 103 Å². The quantitative estimate of drug-likeness (QED) is 0.0464. The Morgan fingerprint density at radius 1 is 0.549 bits per heavy atom. The van der Waals surface area contributed by atoms with Gasteiger partial charge in [0.2, 0.25) is 0 Å². The van der Waals surface area contributed by atoms with Gasteiger partial charge in [-0.2, -0.15) is 15.8 Å². The predicted molar refractivity (Wildman–Crippen MR) is 280 cm³/mol. The number of pyridine rings is 1. The molecule has 71 heavy (non-hydrogen) atoms. The predicted octanol–water partition coefficient (Wildman–Crippen LogP) is 11.1. The monoisotopic (exact) mass is 1010 g/mol. The molecule has 0 fully saturated rings. The highest BCUT2D eigenvalue weighted by Crippen LogP contribution is 2.25. The van der Waals surface area contributed by atoms with Crippen LogP contribution in [-0.2, 0) is 14.4 Å². The van der Waals surface area contributed by atoms with E-state index in [0.29, 0.717) is 27.4 Å². The number of nitrogens with zero attached hydrogens (tertiary/aromatic N) is 4. The zero-order chi connectivity index (χ0) is 51.1. The van der Waals surface area contributed by atoms with E-state index >= 15 is 0 Å². The maximum Gasteiger partial charge on any atom is 0.262 e. The third-order valence-electron chi connectivity index (χ3n) is 10.6. The average Bonchev–Trinajstić information content (AvgIpc) is 3.88. The zero-order valence-corrected chi connectivity index (χ0v) is 41.3. The molecule has 4 N–H and O–H groups in total. The van der Waals surface area contributed by atoms with Crippen molar-refractivity contribution in [2.45, 2.75) is 38.9 Å². The number of ether oxygens (including phenoxy) is 2. The van der Waals surface area contributed by atoms with Gasteiger partial charge in [0.05, 0.1) is 38.0 Å². The van der Waals surface area contributed by atoms with E-state index in [4.69, 9.17) is 9.47 Å². The first-order valence-electron chi connectivity index (χ1n) is 22.2. The number of carbonyl (C=O) groups excluding carboxylic acids is 3. The molecule has 5 aromatic carbocycles. The van der Waals surface area contributed by atoms with Crippen LogP contribution in [0.15, 0.2) is 179 Å². The van der Waals surface area contributed by atoms with Gasteiger partial charge in [0.1, 0.15) is 51.0 Å². The normalized spacial score (nSPS) is 12.3. The summed E-state index contributed by atoms with van der Waals surface area (Å²) < 4.78 is 11.1. The molecule has 0 aliphatic heterocycles. The first-order valence-corrected chi connectivity index (χ1v) is 23.0. The number of carbonyl (C=O) groups is 3. The van der Waals surface area contributed by atoms with Crippen LogP contribution in [-0.4, -0.2) is 41.9 Å². The summed E-state index contributed by atoms with van der Waals surface area (Å²) in [5.41, 5.74) is 6.11. The molecule has 0 radical (unpaired) electrons. The molecule has 3 atom stereocenters. The number of hydrogen-bond acceptors (Lipinski definition) is 9. The zero-order valence-electron chi connectivity index (χ0n) is 39.7. The van der Waals surface area contributed by atoms with Gasteiger partial charge in [-0.15, -0.1) is 0 Å². The van der Waals surface area contributed by atoms with Gasteiger partial charge in [0.25, 0.3) is 17.7 Å². The highest BCUT2D eigenvalue weighted by molar-refractivity contribution is 9.10. The van der Waals surface area contributed by atoms with Crippen molar-refractivity contribution in [1.29, 1.82) is 15.8 Å². The Morgan fingerprint density at radius 3 is 1.41 bits per heavy atom. The van der Waals surface area contributed by atoms with Gasteiger partial charge in [-0.3, -0.25) is 14.4 Å². The van der Waals surface area contributed by atoms with Gasteiger partial charge in [-0.25, -0.2) is 4.98 Å². The third kappa shape index (κ3) is 16.3. The van der Waals surface area contributed by atoms with Crippen LogP contribution in [0.3, 0.4) is 0 Å². The molecule has 0 aliphatic rings. The number of hydrogen-bond donors (Lipinski definition) is 4. The van der Waals surface area contributed by atoms with Crippen molar-refractivity contribution < 1.29 is 23.9 Å². The van der Waals surface area contributed by atoms with Crippen LogP contribution in [0.1, 0.15) is 72.4 Å². The van der Waals surface area contributed by atoms with Gasteiger partial charge in [0, 0.05) is 17.8 Å². The number of H-pyrrole nitrogens is 1. The molecule has 0 saturated heterocycles. The lowest BCUT2D eigenvalue weighted by atomic mass is 10.1. The maximum absolute atomic E-state index is 12.4. The molecular weight excluding hydrogens is 957 g/mol.